The van der Waals surface area contributed by atoms with Crippen LogP contribution in [0.3, 0.4) is 0 Å². The Kier molecular flexibility index (Phi) is 3.33. The Morgan fingerprint density at radius 2 is 2.37 bits per heavy atom. The summed E-state index contributed by atoms with van der Waals surface area (Å²) in [5, 5.41) is 14.2. The van der Waals surface area contributed by atoms with E-state index in [0.717, 1.165) is 12.2 Å². The number of methoxy groups -OCH3 is 1. The lowest BCUT2D eigenvalue weighted by Crippen LogP contribution is -1.91. The Bertz CT molecular complexity index is 579. The number of phenolic OH excluding ortho intramolecular Hbond substituents is 1. The van der Waals surface area contributed by atoms with E-state index in [1.807, 2.05) is 11.8 Å². The Labute approximate surface area is 115 Å². The average Bonchev–Trinajstić information content (AvgIpc) is 3.10. The van der Waals surface area contributed by atoms with Crippen molar-refractivity contribution in [1.29, 1.82) is 0 Å². The van der Waals surface area contributed by atoms with E-state index in [-0.39, 0.29) is 5.75 Å². The molecule has 1 unspecified atom stereocenters. The van der Waals surface area contributed by atoms with Crippen LogP contribution in [0.1, 0.15) is 23.9 Å². The molecule has 1 aliphatic heterocycles. The number of benzene rings is 1. The maximum atomic E-state index is 9.87. The van der Waals surface area contributed by atoms with Crippen molar-refractivity contribution in [3.63, 3.8) is 0 Å². The first-order valence-corrected chi connectivity index (χ1v) is 7.15. The van der Waals surface area contributed by atoms with Gasteiger partial charge in [0.05, 0.1) is 17.9 Å². The van der Waals surface area contributed by atoms with Crippen molar-refractivity contribution in [2.24, 2.45) is 0 Å². The third kappa shape index (κ3) is 2.40. The minimum atomic E-state index is 0.107. The lowest BCUT2D eigenvalue weighted by atomic mass is 10.2. The maximum absolute atomic E-state index is 9.87. The number of phenols is 1. The van der Waals surface area contributed by atoms with Gasteiger partial charge in [-0.25, -0.2) is 0 Å². The van der Waals surface area contributed by atoms with Gasteiger partial charge in [-0.1, -0.05) is 5.16 Å². The minimum Gasteiger partial charge on any atom is -0.507 e. The number of hydrogen-bond donors (Lipinski definition) is 1. The van der Waals surface area contributed by atoms with Crippen molar-refractivity contribution in [3.05, 3.63) is 24.0 Å². The first-order valence-electron chi connectivity index (χ1n) is 6.10. The number of thioether (sulfide) groups is 1. The highest BCUT2D eigenvalue weighted by Crippen LogP contribution is 2.39. The SMILES string of the molecule is COc1ccc(O)c(-c2nc(C3CCCS3)no2)c1. The van der Waals surface area contributed by atoms with Gasteiger partial charge in [0.15, 0.2) is 5.82 Å². The first-order chi connectivity index (χ1) is 9.28. The van der Waals surface area contributed by atoms with E-state index in [1.54, 1.807) is 25.3 Å². The van der Waals surface area contributed by atoms with Crippen LogP contribution in [0.5, 0.6) is 11.5 Å². The van der Waals surface area contributed by atoms with E-state index in [9.17, 15) is 5.11 Å². The second-order valence-electron chi connectivity index (χ2n) is 4.34. The topological polar surface area (TPSA) is 68.4 Å². The molecule has 0 amide bonds. The Morgan fingerprint density at radius 1 is 1.47 bits per heavy atom. The van der Waals surface area contributed by atoms with Gasteiger partial charge < -0.3 is 14.4 Å². The van der Waals surface area contributed by atoms with Crippen LogP contribution < -0.4 is 4.74 Å². The number of hydrogen-bond acceptors (Lipinski definition) is 6. The largest absolute Gasteiger partial charge is 0.507 e. The molecule has 2 heterocycles. The summed E-state index contributed by atoms with van der Waals surface area (Å²) in [6.45, 7) is 0. The van der Waals surface area contributed by atoms with Gasteiger partial charge in [0.2, 0.25) is 0 Å². The Balaban J connectivity index is 1.93. The van der Waals surface area contributed by atoms with E-state index >= 15 is 0 Å². The summed E-state index contributed by atoms with van der Waals surface area (Å²) >= 11 is 1.84. The van der Waals surface area contributed by atoms with E-state index < -0.39 is 0 Å². The van der Waals surface area contributed by atoms with Crippen LogP contribution in [0.15, 0.2) is 22.7 Å². The molecule has 19 heavy (non-hydrogen) atoms. The molecule has 1 N–H and O–H groups in total. The monoisotopic (exact) mass is 278 g/mol. The number of aromatic nitrogens is 2. The molecular weight excluding hydrogens is 264 g/mol. The van der Waals surface area contributed by atoms with Crippen LogP contribution in [0.25, 0.3) is 11.5 Å². The van der Waals surface area contributed by atoms with Crippen molar-refractivity contribution in [3.8, 4) is 23.0 Å². The van der Waals surface area contributed by atoms with Crippen molar-refractivity contribution < 1.29 is 14.4 Å². The molecular formula is C13H14N2O3S. The fourth-order valence-corrected chi connectivity index (χ4v) is 3.27. The smallest absolute Gasteiger partial charge is 0.261 e. The molecule has 0 bridgehead atoms. The third-order valence-corrected chi connectivity index (χ3v) is 4.47. The Hall–Kier alpha value is -1.69. The fraction of sp³-hybridized carbons (Fsp3) is 0.385. The average molecular weight is 278 g/mol. The summed E-state index contributed by atoms with van der Waals surface area (Å²) in [7, 11) is 1.57. The van der Waals surface area contributed by atoms with Gasteiger partial charge >= 0.3 is 0 Å². The molecule has 1 fully saturated rings. The van der Waals surface area contributed by atoms with Gasteiger partial charge in [0, 0.05) is 0 Å². The number of rotatable bonds is 3. The quantitative estimate of drug-likeness (QED) is 0.930. The molecule has 1 saturated heterocycles. The molecule has 1 atom stereocenters. The Morgan fingerprint density at radius 3 is 3.11 bits per heavy atom. The van der Waals surface area contributed by atoms with Crippen molar-refractivity contribution >= 4 is 11.8 Å². The molecule has 5 nitrogen and oxygen atoms in total. The highest BCUT2D eigenvalue weighted by molar-refractivity contribution is 7.99. The molecule has 0 radical (unpaired) electrons. The zero-order chi connectivity index (χ0) is 13.2. The number of nitrogens with zero attached hydrogens (tertiary/aromatic N) is 2. The third-order valence-electron chi connectivity index (χ3n) is 3.09. The van der Waals surface area contributed by atoms with Crippen molar-refractivity contribution in [1.82, 2.24) is 10.1 Å². The van der Waals surface area contributed by atoms with Gasteiger partial charge in [-0.3, -0.25) is 0 Å². The lowest BCUT2D eigenvalue weighted by molar-refractivity contribution is 0.406. The first kappa shape index (κ1) is 12.3. The molecule has 2 aromatic rings. The maximum Gasteiger partial charge on any atom is 0.261 e. The van der Waals surface area contributed by atoms with Crippen LogP contribution in [0.2, 0.25) is 0 Å². The van der Waals surface area contributed by atoms with Crippen LogP contribution in [0, 0.1) is 0 Å². The summed E-state index contributed by atoms with van der Waals surface area (Å²) in [6.07, 6.45) is 2.26. The van der Waals surface area contributed by atoms with E-state index in [0.29, 0.717) is 28.3 Å². The molecule has 1 aromatic carbocycles. The van der Waals surface area contributed by atoms with E-state index in [4.69, 9.17) is 9.26 Å². The summed E-state index contributed by atoms with van der Waals surface area (Å²) in [4.78, 5) is 4.38. The van der Waals surface area contributed by atoms with Gasteiger partial charge in [0.1, 0.15) is 11.5 Å². The fourth-order valence-electron chi connectivity index (χ4n) is 2.07. The highest BCUT2D eigenvalue weighted by atomic mass is 32.2. The summed E-state index contributed by atoms with van der Waals surface area (Å²) in [5.74, 6) is 2.93. The second-order valence-corrected chi connectivity index (χ2v) is 5.65. The lowest BCUT2D eigenvalue weighted by Gasteiger charge is -2.03. The predicted molar refractivity (Wildman–Crippen MR) is 72.4 cm³/mol. The van der Waals surface area contributed by atoms with Crippen LogP contribution in [0.4, 0.5) is 0 Å². The molecule has 3 rings (SSSR count). The molecule has 0 saturated carbocycles. The zero-order valence-corrected chi connectivity index (χ0v) is 11.3. The van der Waals surface area contributed by atoms with Gasteiger partial charge in [-0.2, -0.15) is 16.7 Å². The van der Waals surface area contributed by atoms with Gasteiger partial charge in [-0.15, -0.1) is 0 Å². The summed E-state index contributed by atoms with van der Waals surface area (Å²) in [6, 6.07) is 4.93. The van der Waals surface area contributed by atoms with Gasteiger partial charge in [-0.05, 0) is 36.8 Å². The molecule has 0 spiro atoms. The van der Waals surface area contributed by atoms with E-state index in [2.05, 4.69) is 10.1 Å². The minimum absolute atomic E-state index is 0.107. The standard InChI is InChI=1S/C13H14N2O3S/c1-17-8-4-5-10(16)9(7-8)13-14-12(15-18-13)11-3-2-6-19-11/h4-5,7,11,16H,2-3,6H2,1H3. The normalized spacial score (nSPS) is 18.7. The molecule has 0 aliphatic carbocycles. The molecule has 1 aliphatic rings. The van der Waals surface area contributed by atoms with Crippen LogP contribution >= 0.6 is 11.8 Å². The van der Waals surface area contributed by atoms with Crippen molar-refractivity contribution in [2.45, 2.75) is 18.1 Å². The number of ether oxygens (including phenoxy) is 1. The van der Waals surface area contributed by atoms with Crippen molar-refractivity contribution in [2.75, 3.05) is 12.9 Å². The summed E-state index contributed by atoms with van der Waals surface area (Å²) in [5.41, 5.74) is 0.501. The van der Waals surface area contributed by atoms with Crippen LogP contribution in [-0.4, -0.2) is 28.1 Å². The molecule has 100 valence electrons. The zero-order valence-electron chi connectivity index (χ0n) is 10.5. The second kappa shape index (κ2) is 5.13. The summed E-state index contributed by atoms with van der Waals surface area (Å²) < 4.78 is 10.4. The van der Waals surface area contributed by atoms with Gasteiger partial charge in [0.25, 0.3) is 5.89 Å². The van der Waals surface area contributed by atoms with Crippen LogP contribution in [-0.2, 0) is 0 Å². The predicted octanol–water partition coefficient (Wildman–Crippen LogP) is 3.02. The highest BCUT2D eigenvalue weighted by Gasteiger charge is 2.24. The molecule has 6 heteroatoms. The number of aromatic hydroxyl groups is 1. The van der Waals surface area contributed by atoms with E-state index in [1.165, 1.54) is 6.42 Å². The molecule has 1 aromatic heterocycles.